The van der Waals surface area contributed by atoms with Crippen molar-refractivity contribution < 1.29 is 13.6 Å². The number of hydrogen-bond donors (Lipinski definition) is 1. The number of aryl methyl sites for hydroxylation is 2. The van der Waals surface area contributed by atoms with Crippen molar-refractivity contribution in [3.63, 3.8) is 0 Å². The van der Waals surface area contributed by atoms with Gasteiger partial charge in [0.25, 0.3) is 5.89 Å². The summed E-state index contributed by atoms with van der Waals surface area (Å²) in [4.78, 5) is 11.9. The quantitative estimate of drug-likeness (QED) is 0.733. The lowest BCUT2D eigenvalue weighted by Gasteiger charge is -2.01. The van der Waals surface area contributed by atoms with Gasteiger partial charge in [-0.3, -0.25) is 10.1 Å². The fourth-order valence-electron chi connectivity index (χ4n) is 2.22. The summed E-state index contributed by atoms with van der Waals surface area (Å²) in [5.41, 5.74) is 1.92. The van der Waals surface area contributed by atoms with Crippen LogP contribution in [0, 0.1) is 13.8 Å². The molecular formula is C17H17N3O3S. The standard InChI is InChI=1S/C17H17N3O3S/c1-11-8-14(12(2)22-11)16-19-20-17(23-16)18-15(21)10-24-9-13-6-4-3-5-7-13/h3-8H,9-10H2,1-2H3,(H,18,20,21). The number of rotatable bonds is 6. The highest BCUT2D eigenvalue weighted by Crippen LogP contribution is 2.26. The fraction of sp³-hybridized carbons (Fsp3) is 0.235. The van der Waals surface area contributed by atoms with Gasteiger partial charge >= 0.3 is 6.01 Å². The van der Waals surface area contributed by atoms with E-state index in [0.29, 0.717) is 17.4 Å². The highest BCUT2D eigenvalue weighted by atomic mass is 32.2. The lowest BCUT2D eigenvalue weighted by atomic mass is 10.2. The van der Waals surface area contributed by atoms with Gasteiger partial charge in [-0.25, -0.2) is 0 Å². The van der Waals surface area contributed by atoms with Crippen molar-refractivity contribution in [3.8, 4) is 11.5 Å². The Morgan fingerprint density at radius 1 is 1.17 bits per heavy atom. The zero-order valence-corrected chi connectivity index (χ0v) is 14.2. The largest absolute Gasteiger partial charge is 0.466 e. The SMILES string of the molecule is Cc1cc(-c2nnc(NC(=O)CSCc3ccccc3)o2)c(C)o1. The number of aromatic nitrogens is 2. The average molecular weight is 343 g/mol. The van der Waals surface area contributed by atoms with Gasteiger partial charge in [-0.1, -0.05) is 35.4 Å². The van der Waals surface area contributed by atoms with Gasteiger partial charge in [-0.15, -0.1) is 16.9 Å². The molecule has 3 aromatic rings. The number of nitrogens with one attached hydrogen (secondary N) is 1. The minimum atomic E-state index is -0.175. The lowest BCUT2D eigenvalue weighted by molar-refractivity contribution is -0.113. The van der Waals surface area contributed by atoms with Crippen LogP contribution in [0.3, 0.4) is 0 Å². The Balaban J connectivity index is 1.53. The molecule has 124 valence electrons. The van der Waals surface area contributed by atoms with Gasteiger partial charge in [-0.05, 0) is 25.5 Å². The molecule has 2 heterocycles. The molecule has 1 amide bonds. The Bertz CT molecular complexity index is 827. The summed E-state index contributed by atoms with van der Waals surface area (Å²) in [6.45, 7) is 3.67. The summed E-state index contributed by atoms with van der Waals surface area (Å²) in [5, 5.41) is 10.4. The normalized spacial score (nSPS) is 10.8. The number of anilines is 1. The number of amides is 1. The van der Waals surface area contributed by atoms with E-state index in [9.17, 15) is 4.79 Å². The van der Waals surface area contributed by atoms with Crippen molar-refractivity contribution in [2.75, 3.05) is 11.1 Å². The van der Waals surface area contributed by atoms with Crippen molar-refractivity contribution in [1.82, 2.24) is 10.2 Å². The van der Waals surface area contributed by atoms with E-state index in [0.717, 1.165) is 17.1 Å². The number of hydrogen-bond acceptors (Lipinski definition) is 6. The van der Waals surface area contributed by atoms with Gasteiger partial charge in [0.05, 0.1) is 11.3 Å². The van der Waals surface area contributed by atoms with Crippen LogP contribution in [0.2, 0.25) is 0 Å². The second-order valence-electron chi connectivity index (χ2n) is 5.27. The topological polar surface area (TPSA) is 81.2 Å². The molecule has 3 rings (SSSR count). The van der Waals surface area contributed by atoms with Crippen molar-refractivity contribution in [3.05, 3.63) is 53.5 Å². The summed E-state index contributed by atoms with van der Waals surface area (Å²) in [5.74, 6) is 2.71. The summed E-state index contributed by atoms with van der Waals surface area (Å²) in [6.07, 6.45) is 0. The maximum Gasteiger partial charge on any atom is 0.322 e. The molecule has 0 saturated carbocycles. The number of thioether (sulfide) groups is 1. The molecule has 0 bridgehead atoms. The van der Waals surface area contributed by atoms with Gasteiger partial charge in [-0.2, -0.15) is 0 Å². The number of carbonyl (C=O) groups is 1. The summed E-state index contributed by atoms with van der Waals surface area (Å²) in [7, 11) is 0. The Morgan fingerprint density at radius 2 is 1.96 bits per heavy atom. The minimum absolute atomic E-state index is 0.0913. The Kier molecular flexibility index (Phi) is 5.00. The molecule has 1 aromatic carbocycles. The van der Waals surface area contributed by atoms with E-state index < -0.39 is 0 Å². The lowest BCUT2D eigenvalue weighted by Crippen LogP contribution is -2.14. The number of benzene rings is 1. The molecule has 0 spiro atoms. The maximum absolute atomic E-state index is 11.9. The molecule has 1 N–H and O–H groups in total. The van der Waals surface area contributed by atoms with Gasteiger partial charge in [0.1, 0.15) is 11.5 Å². The first-order valence-corrected chi connectivity index (χ1v) is 8.60. The van der Waals surface area contributed by atoms with Crippen molar-refractivity contribution in [2.24, 2.45) is 0 Å². The van der Waals surface area contributed by atoms with E-state index >= 15 is 0 Å². The van der Waals surface area contributed by atoms with Gasteiger partial charge in [0, 0.05) is 5.75 Å². The molecule has 0 radical (unpaired) electrons. The van der Waals surface area contributed by atoms with Crippen LogP contribution < -0.4 is 5.32 Å². The number of carbonyl (C=O) groups excluding carboxylic acids is 1. The predicted molar refractivity (Wildman–Crippen MR) is 92.7 cm³/mol. The monoisotopic (exact) mass is 343 g/mol. The van der Waals surface area contributed by atoms with Crippen LogP contribution >= 0.6 is 11.8 Å². The summed E-state index contributed by atoms with van der Waals surface area (Å²) >= 11 is 1.53. The molecule has 0 unspecified atom stereocenters. The highest BCUT2D eigenvalue weighted by Gasteiger charge is 2.15. The van der Waals surface area contributed by atoms with E-state index in [-0.39, 0.29) is 11.9 Å². The third-order valence-corrected chi connectivity index (χ3v) is 4.29. The highest BCUT2D eigenvalue weighted by molar-refractivity contribution is 7.99. The first kappa shape index (κ1) is 16.3. The van der Waals surface area contributed by atoms with Crippen LogP contribution in [0.5, 0.6) is 0 Å². The molecule has 0 atom stereocenters. The van der Waals surface area contributed by atoms with E-state index in [1.165, 1.54) is 17.3 Å². The second-order valence-corrected chi connectivity index (χ2v) is 6.25. The number of furan rings is 1. The van der Waals surface area contributed by atoms with Crippen LogP contribution in [-0.2, 0) is 10.5 Å². The zero-order chi connectivity index (χ0) is 16.9. The predicted octanol–water partition coefficient (Wildman–Crippen LogP) is 3.82. The van der Waals surface area contributed by atoms with Gasteiger partial charge in [0.2, 0.25) is 5.91 Å². The molecule has 7 heteroatoms. The summed E-state index contributed by atoms with van der Waals surface area (Å²) in [6, 6.07) is 11.9. The maximum atomic E-state index is 11.9. The Labute approximate surface area is 143 Å². The smallest absolute Gasteiger partial charge is 0.322 e. The molecule has 0 aliphatic heterocycles. The Hall–Kier alpha value is -2.54. The van der Waals surface area contributed by atoms with E-state index in [1.54, 1.807) is 0 Å². The van der Waals surface area contributed by atoms with E-state index in [2.05, 4.69) is 15.5 Å². The Morgan fingerprint density at radius 3 is 2.67 bits per heavy atom. The minimum Gasteiger partial charge on any atom is -0.466 e. The summed E-state index contributed by atoms with van der Waals surface area (Å²) < 4.78 is 10.9. The van der Waals surface area contributed by atoms with Crippen LogP contribution in [0.15, 0.2) is 45.2 Å². The van der Waals surface area contributed by atoms with Crippen LogP contribution in [0.1, 0.15) is 17.1 Å². The molecule has 6 nitrogen and oxygen atoms in total. The first-order valence-electron chi connectivity index (χ1n) is 7.44. The van der Waals surface area contributed by atoms with Gasteiger partial charge in [0.15, 0.2) is 0 Å². The van der Waals surface area contributed by atoms with E-state index in [4.69, 9.17) is 8.83 Å². The molecule has 0 aliphatic carbocycles. The van der Waals surface area contributed by atoms with Gasteiger partial charge < -0.3 is 8.83 Å². The average Bonchev–Trinajstić information content (AvgIpc) is 3.14. The first-order chi connectivity index (χ1) is 11.6. The molecule has 24 heavy (non-hydrogen) atoms. The number of nitrogens with zero attached hydrogens (tertiary/aromatic N) is 2. The molecule has 0 fully saturated rings. The van der Waals surface area contributed by atoms with Crippen LogP contribution in [0.25, 0.3) is 11.5 Å². The fourth-order valence-corrected chi connectivity index (χ4v) is 3.00. The van der Waals surface area contributed by atoms with E-state index in [1.807, 2.05) is 50.2 Å². The van der Waals surface area contributed by atoms with Crippen molar-refractivity contribution in [2.45, 2.75) is 19.6 Å². The van der Waals surface area contributed by atoms with Crippen molar-refractivity contribution in [1.29, 1.82) is 0 Å². The molecule has 0 saturated heterocycles. The third-order valence-electron chi connectivity index (χ3n) is 3.29. The third kappa shape index (κ3) is 4.05. The zero-order valence-electron chi connectivity index (χ0n) is 13.4. The van der Waals surface area contributed by atoms with Crippen LogP contribution in [0.4, 0.5) is 6.01 Å². The molecule has 2 aromatic heterocycles. The van der Waals surface area contributed by atoms with Crippen molar-refractivity contribution >= 4 is 23.7 Å². The molecule has 0 aliphatic rings. The second kappa shape index (κ2) is 7.35. The molecular weight excluding hydrogens is 326 g/mol. The van der Waals surface area contributed by atoms with Crippen LogP contribution in [-0.4, -0.2) is 21.9 Å².